The van der Waals surface area contributed by atoms with E-state index in [4.69, 9.17) is 14.6 Å². The summed E-state index contributed by atoms with van der Waals surface area (Å²) in [6.45, 7) is 4.34. The minimum atomic E-state index is -2.35. The van der Waals surface area contributed by atoms with Crippen LogP contribution >= 0.6 is 0 Å². The Morgan fingerprint density at radius 3 is 2.62 bits per heavy atom. The molecule has 1 aromatic carbocycles. The molecule has 32 heavy (non-hydrogen) atoms. The van der Waals surface area contributed by atoms with Gasteiger partial charge in [0.1, 0.15) is 5.76 Å². The van der Waals surface area contributed by atoms with Crippen LogP contribution in [0, 0.1) is 6.92 Å². The molecule has 0 aromatic heterocycles. The second kappa shape index (κ2) is 7.45. The van der Waals surface area contributed by atoms with Crippen molar-refractivity contribution in [3.8, 4) is 11.5 Å². The van der Waals surface area contributed by atoms with Gasteiger partial charge in [-0.15, -0.1) is 0 Å². The summed E-state index contributed by atoms with van der Waals surface area (Å²) in [5.74, 6) is -3.06. The summed E-state index contributed by atoms with van der Waals surface area (Å²) in [7, 11) is 1.90. The summed E-state index contributed by atoms with van der Waals surface area (Å²) in [5.41, 5.74) is -0.955. The lowest BCUT2D eigenvalue weighted by Gasteiger charge is -2.58. The van der Waals surface area contributed by atoms with Crippen molar-refractivity contribution in [2.75, 3.05) is 13.6 Å². The largest absolute Gasteiger partial charge is 0.504 e. The number of aromatic hydroxyl groups is 1. The van der Waals surface area contributed by atoms with E-state index in [2.05, 4.69) is 0 Å². The zero-order valence-electron chi connectivity index (χ0n) is 18.0. The highest BCUT2D eigenvalue weighted by Gasteiger charge is 2.69. The van der Waals surface area contributed by atoms with Crippen LogP contribution in [0.5, 0.6) is 11.5 Å². The number of aliphatic hydroxyl groups is 3. The van der Waals surface area contributed by atoms with E-state index in [1.54, 1.807) is 6.07 Å². The van der Waals surface area contributed by atoms with Gasteiger partial charge in [-0.05, 0) is 51.6 Å². The maximum Gasteiger partial charge on any atom is 0.343 e. The molecule has 10 nitrogen and oxygen atoms in total. The topological polar surface area (TPSA) is 157 Å². The Balaban J connectivity index is 1.81. The van der Waals surface area contributed by atoms with Crippen molar-refractivity contribution in [2.45, 2.75) is 62.1 Å². The zero-order valence-corrected chi connectivity index (χ0v) is 18.0. The molecule has 0 bridgehead atoms. The molecular formula is C22H27NO9. The first-order valence-corrected chi connectivity index (χ1v) is 10.4. The summed E-state index contributed by atoms with van der Waals surface area (Å²) in [5, 5.41) is 50.8. The van der Waals surface area contributed by atoms with Gasteiger partial charge in [-0.3, -0.25) is 0 Å². The molecule has 10 heteroatoms. The first-order chi connectivity index (χ1) is 15.0. The van der Waals surface area contributed by atoms with E-state index in [1.165, 1.54) is 12.1 Å². The van der Waals surface area contributed by atoms with Crippen molar-refractivity contribution < 1.29 is 44.6 Å². The summed E-state index contributed by atoms with van der Waals surface area (Å²) >= 11 is 0. The molecule has 5 N–H and O–H groups in total. The highest BCUT2D eigenvalue weighted by molar-refractivity contribution is 5.84. The van der Waals surface area contributed by atoms with Crippen molar-refractivity contribution >= 4 is 11.9 Å². The second-order valence-electron chi connectivity index (χ2n) is 8.87. The lowest BCUT2D eigenvalue weighted by atomic mass is 9.54. The molecule has 174 valence electrons. The van der Waals surface area contributed by atoms with E-state index in [0.29, 0.717) is 18.5 Å². The molecule has 0 radical (unpaired) electrons. The van der Waals surface area contributed by atoms with Crippen molar-refractivity contribution in [1.29, 1.82) is 0 Å². The third-order valence-electron chi connectivity index (χ3n) is 7.34. The number of aliphatic carboxylic acids is 1. The van der Waals surface area contributed by atoms with Gasteiger partial charge in [-0.25, -0.2) is 9.59 Å². The molecule has 1 aromatic rings. The van der Waals surface area contributed by atoms with Crippen LogP contribution in [-0.2, 0) is 19.7 Å². The smallest absolute Gasteiger partial charge is 0.343 e. The molecule has 3 aliphatic rings. The van der Waals surface area contributed by atoms with Crippen LogP contribution in [0.3, 0.4) is 0 Å². The monoisotopic (exact) mass is 449 g/mol. The zero-order chi connectivity index (χ0) is 23.6. The van der Waals surface area contributed by atoms with Crippen molar-refractivity contribution in [3.63, 3.8) is 0 Å². The molecule has 1 aliphatic carbocycles. The van der Waals surface area contributed by atoms with Crippen LogP contribution in [0.1, 0.15) is 30.9 Å². The molecule has 0 saturated carbocycles. The number of phenols is 1. The number of aliphatic hydroxyl groups excluding tert-OH is 2. The predicted octanol–water partition coefficient (Wildman–Crippen LogP) is -0.208. The van der Waals surface area contributed by atoms with Crippen molar-refractivity contribution in [3.05, 3.63) is 35.1 Å². The van der Waals surface area contributed by atoms with E-state index in [-0.39, 0.29) is 29.7 Å². The number of carbonyl (C=O) groups is 2. The van der Waals surface area contributed by atoms with Crippen molar-refractivity contribution in [1.82, 2.24) is 4.90 Å². The number of carboxylic acid groups (broad SMARTS) is 1. The van der Waals surface area contributed by atoms with Gasteiger partial charge in [0.25, 0.3) is 0 Å². The highest BCUT2D eigenvalue weighted by Crippen LogP contribution is 2.62. The fourth-order valence-corrected chi connectivity index (χ4v) is 5.45. The number of likely N-dealkylation sites (N-methyl/N-ethyl adjacent to an activating group) is 1. The SMILES string of the molecule is Cc1ccc(O)c2c1[C@]13CCN(C)[C@H](C)[C@]1(O)CC=C(OC(=O)[C@H](O)[C@@H](O)C(=O)O)[C@@H]3O2. The number of ether oxygens (including phenoxy) is 2. The van der Waals surface area contributed by atoms with Crippen LogP contribution < -0.4 is 4.74 Å². The molecular weight excluding hydrogens is 422 g/mol. The van der Waals surface area contributed by atoms with Crippen molar-refractivity contribution in [2.24, 2.45) is 0 Å². The number of likely N-dealkylation sites (tertiary alicyclic amines) is 1. The van der Waals surface area contributed by atoms with Gasteiger partial charge >= 0.3 is 11.9 Å². The number of benzene rings is 1. The minimum Gasteiger partial charge on any atom is -0.504 e. The fraction of sp³-hybridized carbons (Fsp3) is 0.545. The Kier molecular flexibility index (Phi) is 5.24. The summed E-state index contributed by atoms with van der Waals surface area (Å²) in [6.07, 6.45) is -3.66. The first kappa shape index (κ1) is 22.5. The first-order valence-electron chi connectivity index (χ1n) is 10.4. The Morgan fingerprint density at radius 2 is 1.97 bits per heavy atom. The van der Waals surface area contributed by atoms with Gasteiger partial charge in [0.2, 0.25) is 0 Å². The van der Waals surface area contributed by atoms with Gasteiger partial charge in [-0.1, -0.05) is 6.07 Å². The molecule has 2 aliphatic heterocycles. The van der Waals surface area contributed by atoms with Crippen LogP contribution in [-0.4, -0.2) is 85.9 Å². The van der Waals surface area contributed by atoms with Gasteiger partial charge in [-0.2, -0.15) is 0 Å². The number of rotatable bonds is 4. The van der Waals surface area contributed by atoms with Gasteiger partial charge in [0, 0.05) is 18.0 Å². The standard InChI is InChI=1S/C22H27NO9/c1-10-4-5-12(24)17-14(10)21-8-9-23(3)11(2)22(21,30)7-6-13(18(21)32-17)31-20(29)16(26)15(25)19(27)28/h4-6,11,15-16,18,24-26,30H,7-9H2,1-3H3,(H,27,28)/t11-,15-,16-,18+,21+,22-/m1/s1. The van der Waals surface area contributed by atoms with E-state index in [0.717, 1.165) is 5.56 Å². The quantitative estimate of drug-likeness (QED) is 0.390. The number of hydrogen-bond acceptors (Lipinski definition) is 9. The molecule has 6 atom stereocenters. The number of phenolic OH excluding ortho intramolecular Hbond substituents is 1. The number of aryl methyl sites for hydroxylation is 1. The molecule has 2 heterocycles. The molecule has 1 saturated heterocycles. The maximum absolute atomic E-state index is 12.4. The Hall–Kier alpha value is -2.66. The predicted molar refractivity (Wildman–Crippen MR) is 109 cm³/mol. The normalized spacial score (nSPS) is 33.1. The van der Waals surface area contributed by atoms with Crippen LogP contribution in [0.2, 0.25) is 0 Å². The number of hydrogen-bond donors (Lipinski definition) is 5. The molecule has 0 amide bonds. The Morgan fingerprint density at radius 1 is 1.28 bits per heavy atom. The fourth-order valence-electron chi connectivity index (χ4n) is 5.45. The number of carbonyl (C=O) groups excluding carboxylic acids is 1. The number of piperidine rings is 1. The van der Waals surface area contributed by atoms with Gasteiger partial charge < -0.3 is 39.9 Å². The lowest BCUT2D eigenvalue weighted by Crippen LogP contribution is -2.71. The number of nitrogens with zero attached hydrogens (tertiary/aromatic N) is 1. The Labute approximate surface area is 184 Å². The van der Waals surface area contributed by atoms with E-state index >= 15 is 0 Å². The summed E-state index contributed by atoms with van der Waals surface area (Å²) < 4.78 is 11.4. The van der Waals surface area contributed by atoms with Crippen LogP contribution in [0.4, 0.5) is 0 Å². The van der Waals surface area contributed by atoms with Crippen LogP contribution in [0.15, 0.2) is 24.0 Å². The molecule has 0 unspecified atom stereocenters. The lowest BCUT2D eigenvalue weighted by molar-refractivity contribution is -0.174. The number of esters is 1. The number of carboxylic acids is 1. The third-order valence-corrected chi connectivity index (χ3v) is 7.34. The van der Waals surface area contributed by atoms with E-state index in [9.17, 15) is 30.0 Å². The molecule has 1 fully saturated rings. The van der Waals surface area contributed by atoms with E-state index < -0.39 is 41.3 Å². The minimum absolute atomic E-state index is 0.0110. The summed E-state index contributed by atoms with van der Waals surface area (Å²) in [6, 6.07) is 2.92. The molecule has 4 rings (SSSR count). The van der Waals surface area contributed by atoms with Crippen LogP contribution in [0.25, 0.3) is 0 Å². The third kappa shape index (κ3) is 2.87. The van der Waals surface area contributed by atoms with Gasteiger partial charge in [0.05, 0.1) is 11.0 Å². The molecule has 1 spiro atoms. The highest BCUT2D eigenvalue weighted by atomic mass is 16.6. The Bertz CT molecular complexity index is 1010. The average Bonchev–Trinajstić information content (AvgIpc) is 3.12. The van der Waals surface area contributed by atoms with E-state index in [1.807, 2.05) is 25.8 Å². The number of fused-ring (bicyclic) bond motifs is 1. The summed E-state index contributed by atoms with van der Waals surface area (Å²) in [4.78, 5) is 25.3. The van der Waals surface area contributed by atoms with Gasteiger partial charge in [0.15, 0.2) is 29.8 Å². The second-order valence-corrected chi connectivity index (χ2v) is 8.87. The average molecular weight is 449 g/mol. The maximum atomic E-state index is 12.4.